The highest BCUT2D eigenvalue weighted by Gasteiger charge is 2.22. The lowest BCUT2D eigenvalue weighted by Gasteiger charge is -2.11. The van der Waals surface area contributed by atoms with Crippen LogP contribution in [-0.2, 0) is 14.8 Å². The molecule has 1 aromatic carbocycles. The zero-order chi connectivity index (χ0) is 12.6. The summed E-state index contributed by atoms with van der Waals surface area (Å²) in [7, 11) is -3.71. The molecule has 0 saturated heterocycles. The number of nitrogens with zero attached hydrogens (tertiary/aromatic N) is 2. The highest BCUT2D eigenvalue weighted by molar-refractivity contribution is 7.89. The first-order valence-electron chi connectivity index (χ1n) is 4.88. The van der Waals surface area contributed by atoms with Crippen molar-refractivity contribution in [3.63, 3.8) is 0 Å². The van der Waals surface area contributed by atoms with E-state index in [2.05, 4.69) is 5.10 Å². The number of primary sulfonamides is 1. The molecule has 0 unspecified atom stereocenters. The predicted octanol–water partition coefficient (Wildman–Crippen LogP) is 0.447. The van der Waals surface area contributed by atoms with Gasteiger partial charge in [-0.15, -0.1) is 0 Å². The van der Waals surface area contributed by atoms with Gasteiger partial charge in [0, 0.05) is 5.71 Å². The van der Waals surface area contributed by atoms with Crippen LogP contribution in [0.3, 0.4) is 0 Å². The number of sulfonamides is 1. The fraction of sp³-hybridized carbons (Fsp3) is 0.200. The molecule has 0 bridgehead atoms. The van der Waals surface area contributed by atoms with E-state index in [-0.39, 0.29) is 17.2 Å². The largest absolute Gasteiger partial charge is 0.272 e. The first kappa shape index (κ1) is 11.7. The van der Waals surface area contributed by atoms with Gasteiger partial charge >= 0.3 is 0 Å². The minimum Gasteiger partial charge on any atom is -0.272 e. The van der Waals surface area contributed by atoms with Gasteiger partial charge < -0.3 is 0 Å². The van der Waals surface area contributed by atoms with Crippen molar-refractivity contribution in [1.82, 2.24) is 0 Å². The van der Waals surface area contributed by atoms with Gasteiger partial charge in [0.15, 0.2) is 0 Å². The second kappa shape index (κ2) is 3.94. The number of amides is 1. The Morgan fingerprint density at radius 1 is 1.29 bits per heavy atom. The second-order valence-corrected chi connectivity index (χ2v) is 5.32. The van der Waals surface area contributed by atoms with Crippen molar-refractivity contribution in [3.05, 3.63) is 24.3 Å². The van der Waals surface area contributed by atoms with Crippen molar-refractivity contribution < 1.29 is 13.2 Å². The summed E-state index contributed by atoms with van der Waals surface area (Å²) in [6, 6.07) is 5.70. The van der Waals surface area contributed by atoms with Crippen LogP contribution in [0, 0.1) is 0 Å². The Balaban J connectivity index is 2.34. The second-order valence-electron chi connectivity index (χ2n) is 3.76. The van der Waals surface area contributed by atoms with E-state index >= 15 is 0 Å². The summed E-state index contributed by atoms with van der Waals surface area (Å²) in [5, 5.41) is 10.3. The van der Waals surface area contributed by atoms with E-state index in [9.17, 15) is 13.2 Å². The van der Waals surface area contributed by atoms with Crippen molar-refractivity contribution in [2.24, 2.45) is 10.2 Å². The molecule has 7 heteroatoms. The van der Waals surface area contributed by atoms with Crippen LogP contribution in [0.25, 0.3) is 0 Å². The Labute approximate surface area is 98.8 Å². The van der Waals surface area contributed by atoms with Crippen LogP contribution < -0.4 is 10.1 Å². The molecule has 0 aliphatic carbocycles. The zero-order valence-corrected chi connectivity index (χ0v) is 9.94. The smallest absolute Gasteiger partial charge is 0.253 e. The molecule has 0 radical (unpaired) electrons. The molecule has 1 amide bonds. The van der Waals surface area contributed by atoms with Crippen molar-refractivity contribution in [1.29, 1.82) is 0 Å². The van der Waals surface area contributed by atoms with Gasteiger partial charge in [0.1, 0.15) is 0 Å². The van der Waals surface area contributed by atoms with Gasteiger partial charge in [-0.25, -0.2) is 18.6 Å². The van der Waals surface area contributed by atoms with Crippen molar-refractivity contribution in [3.8, 4) is 0 Å². The van der Waals surface area contributed by atoms with Gasteiger partial charge in [0.25, 0.3) is 5.91 Å². The van der Waals surface area contributed by atoms with Crippen molar-refractivity contribution in [2.75, 3.05) is 5.01 Å². The van der Waals surface area contributed by atoms with Gasteiger partial charge in [0.2, 0.25) is 10.0 Å². The fourth-order valence-corrected chi connectivity index (χ4v) is 2.05. The van der Waals surface area contributed by atoms with Crippen LogP contribution in [0.5, 0.6) is 0 Å². The van der Waals surface area contributed by atoms with E-state index < -0.39 is 10.0 Å². The Morgan fingerprint density at radius 3 is 2.29 bits per heavy atom. The van der Waals surface area contributed by atoms with Crippen LogP contribution in [0.15, 0.2) is 34.3 Å². The van der Waals surface area contributed by atoms with Crippen LogP contribution in [-0.4, -0.2) is 20.0 Å². The maximum Gasteiger partial charge on any atom is 0.253 e. The Kier molecular flexibility index (Phi) is 2.72. The molecule has 1 heterocycles. The van der Waals surface area contributed by atoms with Gasteiger partial charge in [-0.05, 0) is 31.2 Å². The van der Waals surface area contributed by atoms with Gasteiger partial charge in [-0.1, -0.05) is 0 Å². The number of carbonyl (C=O) groups excluding carboxylic acids is 1. The highest BCUT2D eigenvalue weighted by atomic mass is 32.2. The van der Waals surface area contributed by atoms with Crippen LogP contribution in [0.1, 0.15) is 13.3 Å². The summed E-state index contributed by atoms with van der Waals surface area (Å²) in [5.74, 6) is -0.133. The Bertz CT molecular complexity index is 590. The van der Waals surface area contributed by atoms with Gasteiger partial charge in [-0.2, -0.15) is 5.10 Å². The molecule has 2 N–H and O–H groups in total. The fourth-order valence-electron chi connectivity index (χ4n) is 1.53. The summed E-state index contributed by atoms with van der Waals surface area (Å²) in [6.07, 6.45) is 0.289. The van der Waals surface area contributed by atoms with Crippen LogP contribution >= 0.6 is 0 Å². The lowest BCUT2D eigenvalue weighted by Crippen LogP contribution is -2.19. The number of carbonyl (C=O) groups is 1. The molecule has 6 nitrogen and oxygen atoms in total. The maximum absolute atomic E-state index is 11.5. The Morgan fingerprint density at radius 2 is 1.88 bits per heavy atom. The number of rotatable bonds is 2. The minimum absolute atomic E-state index is 0.00796. The molecule has 2 rings (SSSR count). The lowest BCUT2D eigenvalue weighted by molar-refractivity contribution is -0.116. The van der Waals surface area contributed by atoms with E-state index in [0.717, 1.165) is 5.71 Å². The normalized spacial score (nSPS) is 16.2. The first-order chi connectivity index (χ1) is 7.88. The van der Waals surface area contributed by atoms with Crippen LogP contribution in [0.4, 0.5) is 5.69 Å². The molecule has 1 aliphatic heterocycles. The monoisotopic (exact) mass is 253 g/mol. The van der Waals surface area contributed by atoms with Crippen molar-refractivity contribution >= 4 is 27.3 Å². The average molecular weight is 253 g/mol. The highest BCUT2D eigenvalue weighted by Crippen LogP contribution is 2.21. The number of benzene rings is 1. The minimum atomic E-state index is -3.71. The number of hydrogen-bond acceptors (Lipinski definition) is 4. The maximum atomic E-state index is 11.5. The number of nitrogens with two attached hydrogens (primary N) is 1. The third kappa shape index (κ3) is 2.34. The molecule has 0 fully saturated rings. The third-order valence-electron chi connectivity index (χ3n) is 2.32. The molecule has 90 valence electrons. The van der Waals surface area contributed by atoms with E-state index in [4.69, 9.17) is 5.14 Å². The molecular formula is C10H11N3O3S. The summed E-state index contributed by atoms with van der Waals surface area (Å²) in [5.41, 5.74) is 1.25. The van der Waals surface area contributed by atoms with E-state index in [1.807, 2.05) is 0 Å². The molecule has 1 aromatic rings. The molecule has 0 atom stereocenters. The summed E-state index contributed by atoms with van der Waals surface area (Å²) >= 11 is 0. The molecule has 1 aliphatic rings. The van der Waals surface area contributed by atoms with Crippen molar-refractivity contribution in [2.45, 2.75) is 18.2 Å². The SMILES string of the molecule is CC1=NN(c2ccc(S(N)(=O)=O)cc2)C(=O)C1. The molecule has 0 spiro atoms. The standard InChI is InChI=1S/C10H11N3O3S/c1-7-6-10(14)13(12-7)8-2-4-9(5-3-8)17(11,15)16/h2-5H,6H2,1H3,(H2,11,15,16). The molecule has 0 saturated carbocycles. The third-order valence-corrected chi connectivity index (χ3v) is 3.25. The zero-order valence-electron chi connectivity index (χ0n) is 9.12. The number of anilines is 1. The van der Waals surface area contributed by atoms with E-state index in [1.165, 1.54) is 29.3 Å². The summed E-state index contributed by atoms with van der Waals surface area (Å²) < 4.78 is 22.1. The predicted molar refractivity (Wildman–Crippen MR) is 63.0 cm³/mol. The van der Waals surface area contributed by atoms with Crippen LogP contribution in [0.2, 0.25) is 0 Å². The summed E-state index contributed by atoms with van der Waals surface area (Å²) in [4.78, 5) is 11.5. The van der Waals surface area contributed by atoms with E-state index in [0.29, 0.717) is 5.69 Å². The Hall–Kier alpha value is -1.73. The molecular weight excluding hydrogens is 242 g/mol. The number of hydrazone groups is 1. The molecule has 0 aromatic heterocycles. The summed E-state index contributed by atoms with van der Waals surface area (Å²) in [6.45, 7) is 1.76. The molecule has 17 heavy (non-hydrogen) atoms. The average Bonchev–Trinajstić information content (AvgIpc) is 2.57. The van der Waals surface area contributed by atoms with Gasteiger partial charge in [-0.3, -0.25) is 4.79 Å². The van der Waals surface area contributed by atoms with E-state index in [1.54, 1.807) is 6.92 Å². The quantitative estimate of drug-likeness (QED) is 0.829. The topological polar surface area (TPSA) is 92.8 Å². The van der Waals surface area contributed by atoms with Gasteiger partial charge in [0.05, 0.1) is 17.0 Å². The lowest BCUT2D eigenvalue weighted by atomic mass is 10.3. The number of hydrogen-bond donors (Lipinski definition) is 1. The first-order valence-corrected chi connectivity index (χ1v) is 6.42.